The molecule has 0 saturated heterocycles. The Morgan fingerprint density at radius 2 is 1.68 bits per heavy atom. The second-order valence-corrected chi connectivity index (χ2v) is 11.6. The first-order valence-electron chi connectivity index (χ1n) is 6.39. The molecule has 0 aliphatic heterocycles. The molecule has 0 radical (unpaired) electrons. The van der Waals surface area contributed by atoms with Crippen LogP contribution in [0.25, 0.3) is 0 Å². The van der Waals surface area contributed by atoms with Crippen LogP contribution >= 0.6 is 28.8 Å². The van der Waals surface area contributed by atoms with Crippen molar-refractivity contribution in [3.63, 3.8) is 0 Å². The summed E-state index contributed by atoms with van der Waals surface area (Å²) in [6.45, 7) is 7.29. The van der Waals surface area contributed by atoms with E-state index >= 15 is 0 Å². The number of rotatable bonds is 9. The van der Waals surface area contributed by atoms with E-state index < -0.39 is 5.69 Å². The van der Waals surface area contributed by atoms with E-state index in [4.69, 9.17) is 20.9 Å². The maximum absolute atomic E-state index is 5.72. The standard InChI is InChI=1S/C13H21O2PS3/c1-4-14-16(17,15-5-2)19-13(18-6-3)12-10-8-7-9-11-12/h7-11,13H,4-6H2,1-3H3/t13-/m0/s1. The largest absolute Gasteiger partial charge is 0.322 e. The molecular formula is C13H21O2PS3. The molecule has 0 N–H and O–H groups in total. The molecule has 1 atom stereocenters. The fourth-order valence-electron chi connectivity index (χ4n) is 1.48. The summed E-state index contributed by atoms with van der Waals surface area (Å²) in [5.41, 5.74) is -0.970. The Hall–Kier alpha value is 0.490. The lowest BCUT2D eigenvalue weighted by Crippen LogP contribution is -1.96. The average molecular weight is 336 g/mol. The highest BCUT2D eigenvalue weighted by atomic mass is 32.9. The summed E-state index contributed by atoms with van der Waals surface area (Å²) in [6.07, 6.45) is 0. The normalized spacial score (nSPS) is 13.4. The molecule has 0 aliphatic rings. The molecule has 108 valence electrons. The molecule has 0 aromatic heterocycles. The van der Waals surface area contributed by atoms with Crippen molar-refractivity contribution < 1.29 is 9.05 Å². The van der Waals surface area contributed by atoms with E-state index in [1.54, 1.807) is 11.4 Å². The van der Waals surface area contributed by atoms with Crippen molar-refractivity contribution in [2.75, 3.05) is 19.0 Å². The maximum atomic E-state index is 5.72. The second-order valence-electron chi connectivity index (χ2n) is 3.59. The molecule has 0 saturated carbocycles. The van der Waals surface area contributed by atoms with Crippen LogP contribution in [0.5, 0.6) is 0 Å². The molecule has 0 aliphatic carbocycles. The van der Waals surface area contributed by atoms with E-state index in [-0.39, 0.29) is 4.58 Å². The molecule has 1 aromatic carbocycles. The summed E-state index contributed by atoms with van der Waals surface area (Å²) < 4.78 is 11.7. The Labute approximate surface area is 130 Å². The van der Waals surface area contributed by atoms with Gasteiger partial charge in [-0.3, -0.25) is 0 Å². The van der Waals surface area contributed by atoms with Crippen LogP contribution in [-0.4, -0.2) is 19.0 Å². The molecular weight excluding hydrogens is 315 g/mol. The van der Waals surface area contributed by atoms with Crippen LogP contribution in [-0.2, 0) is 20.9 Å². The summed E-state index contributed by atoms with van der Waals surface area (Å²) in [7, 11) is 0. The van der Waals surface area contributed by atoms with Crippen molar-refractivity contribution in [2.24, 2.45) is 0 Å². The van der Waals surface area contributed by atoms with Gasteiger partial charge in [-0.2, -0.15) is 0 Å². The highest BCUT2D eigenvalue weighted by molar-refractivity contribution is 8.69. The van der Waals surface area contributed by atoms with Gasteiger partial charge in [-0.15, -0.1) is 11.8 Å². The predicted molar refractivity (Wildman–Crippen MR) is 92.4 cm³/mol. The number of hydrogen-bond donors (Lipinski definition) is 0. The van der Waals surface area contributed by atoms with Crippen LogP contribution in [0.3, 0.4) is 0 Å². The van der Waals surface area contributed by atoms with Crippen LogP contribution in [0.15, 0.2) is 30.3 Å². The zero-order valence-electron chi connectivity index (χ0n) is 11.6. The molecule has 1 rings (SSSR count). The minimum atomic E-state index is -2.24. The molecule has 1 aromatic rings. The van der Waals surface area contributed by atoms with Gasteiger partial charge in [0.1, 0.15) is 0 Å². The molecule has 6 heteroatoms. The van der Waals surface area contributed by atoms with Gasteiger partial charge < -0.3 is 9.05 Å². The van der Waals surface area contributed by atoms with Gasteiger partial charge >= 0.3 is 0 Å². The first-order valence-corrected chi connectivity index (χ1v) is 11.6. The van der Waals surface area contributed by atoms with Crippen LogP contribution < -0.4 is 0 Å². The van der Waals surface area contributed by atoms with Gasteiger partial charge in [0.05, 0.1) is 17.8 Å². The Balaban J connectivity index is 2.84. The Kier molecular flexibility index (Phi) is 8.71. The van der Waals surface area contributed by atoms with Gasteiger partial charge in [0.2, 0.25) is 5.69 Å². The monoisotopic (exact) mass is 336 g/mol. The van der Waals surface area contributed by atoms with Crippen molar-refractivity contribution in [1.29, 1.82) is 0 Å². The van der Waals surface area contributed by atoms with Crippen LogP contribution in [0.1, 0.15) is 30.9 Å². The Morgan fingerprint density at radius 3 is 2.16 bits per heavy atom. The molecule has 0 unspecified atom stereocenters. The fraction of sp³-hybridized carbons (Fsp3) is 0.538. The lowest BCUT2D eigenvalue weighted by atomic mass is 10.2. The first kappa shape index (κ1) is 17.5. The predicted octanol–water partition coefficient (Wildman–Crippen LogP) is 5.47. The van der Waals surface area contributed by atoms with Gasteiger partial charge in [0, 0.05) is 0 Å². The fourth-order valence-corrected chi connectivity index (χ4v) is 9.66. The zero-order chi connectivity index (χ0) is 14.1. The smallest absolute Gasteiger partial charge is 0.248 e. The summed E-state index contributed by atoms with van der Waals surface area (Å²) in [5.74, 6) is 1.04. The summed E-state index contributed by atoms with van der Waals surface area (Å²) in [5, 5.41) is 0. The van der Waals surface area contributed by atoms with Crippen molar-refractivity contribution in [1.82, 2.24) is 0 Å². The molecule has 19 heavy (non-hydrogen) atoms. The SMILES string of the molecule is CCOP(=S)(OCC)S[C@H](SCC)c1ccccc1. The van der Waals surface area contributed by atoms with E-state index in [0.29, 0.717) is 13.2 Å². The van der Waals surface area contributed by atoms with E-state index in [2.05, 4.69) is 31.2 Å². The van der Waals surface area contributed by atoms with Crippen LogP contribution in [0.2, 0.25) is 0 Å². The van der Waals surface area contributed by atoms with Crippen molar-refractivity contribution in [2.45, 2.75) is 25.4 Å². The maximum Gasteiger partial charge on any atom is 0.248 e. The topological polar surface area (TPSA) is 18.5 Å². The van der Waals surface area contributed by atoms with Gasteiger partial charge in [0.25, 0.3) is 0 Å². The third kappa shape index (κ3) is 6.19. The lowest BCUT2D eigenvalue weighted by Gasteiger charge is -2.25. The van der Waals surface area contributed by atoms with E-state index in [0.717, 1.165) is 5.75 Å². The third-order valence-corrected chi connectivity index (χ3v) is 9.54. The molecule has 2 nitrogen and oxygen atoms in total. The summed E-state index contributed by atoms with van der Waals surface area (Å²) in [6, 6.07) is 10.4. The van der Waals surface area contributed by atoms with Gasteiger partial charge in [-0.05, 0) is 37.0 Å². The van der Waals surface area contributed by atoms with Crippen molar-refractivity contribution in [3.05, 3.63) is 35.9 Å². The van der Waals surface area contributed by atoms with Crippen molar-refractivity contribution >= 4 is 40.6 Å². The van der Waals surface area contributed by atoms with Gasteiger partial charge in [0.15, 0.2) is 0 Å². The van der Waals surface area contributed by atoms with E-state index in [9.17, 15) is 0 Å². The Morgan fingerprint density at radius 1 is 1.11 bits per heavy atom. The number of benzene rings is 1. The molecule has 0 spiro atoms. The highest BCUT2D eigenvalue weighted by Crippen LogP contribution is 2.68. The molecule has 0 bridgehead atoms. The molecule has 0 fully saturated rings. The van der Waals surface area contributed by atoms with E-state index in [1.807, 2.05) is 31.7 Å². The highest BCUT2D eigenvalue weighted by Gasteiger charge is 2.26. The lowest BCUT2D eigenvalue weighted by molar-refractivity contribution is 0.280. The third-order valence-electron chi connectivity index (χ3n) is 2.19. The molecule has 0 amide bonds. The van der Waals surface area contributed by atoms with Crippen LogP contribution in [0.4, 0.5) is 0 Å². The number of hydrogen-bond acceptors (Lipinski definition) is 5. The summed E-state index contributed by atoms with van der Waals surface area (Å²) in [4.78, 5) is 0. The minimum absolute atomic E-state index is 0.273. The van der Waals surface area contributed by atoms with E-state index in [1.165, 1.54) is 5.56 Å². The quantitative estimate of drug-likeness (QED) is 0.438. The molecule has 0 heterocycles. The van der Waals surface area contributed by atoms with Crippen LogP contribution in [0, 0.1) is 0 Å². The zero-order valence-corrected chi connectivity index (χ0v) is 14.9. The van der Waals surface area contributed by atoms with Gasteiger partial charge in [-0.1, -0.05) is 48.6 Å². The van der Waals surface area contributed by atoms with Gasteiger partial charge in [-0.25, -0.2) is 0 Å². The second kappa shape index (κ2) is 9.43. The average Bonchev–Trinajstić information content (AvgIpc) is 2.40. The first-order chi connectivity index (χ1) is 9.15. The van der Waals surface area contributed by atoms with Crippen molar-refractivity contribution in [3.8, 4) is 0 Å². The Bertz CT molecular complexity index is 390. The minimum Gasteiger partial charge on any atom is -0.322 e. The summed E-state index contributed by atoms with van der Waals surface area (Å²) >= 11 is 9.14. The number of thioether (sulfide) groups is 1.